The molecule has 0 aliphatic carbocycles. The fraction of sp³-hybridized carbons (Fsp3) is 0.267. The number of halogens is 2. The molecule has 20 heavy (non-hydrogen) atoms. The van der Waals surface area contributed by atoms with Gasteiger partial charge in [0, 0.05) is 20.9 Å². The molecule has 0 unspecified atom stereocenters. The molecule has 2 N–H and O–H groups in total. The predicted molar refractivity (Wildman–Crippen MR) is 85.4 cm³/mol. The Balaban J connectivity index is 2.55. The second-order valence-electron chi connectivity index (χ2n) is 5.11. The standard InChI is InChI=1S/C15H15FINO2/c1-8(2)5-10-7-13(19)14(15(20)18-10)11-4-3-9(17)6-12(11)16/h3-4,6-8H,5H2,1-2H3,(H2,18,19,20). The summed E-state index contributed by atoms with van der Waals surface area (Å²) in [5, 5.41) is 10.0. The Kier molecular flexibility index (Phi) is 4.47. The maximum Gasteiger partial charge on any atom is 0.259 e. The number of rotatable bonds is 3. The van der Waals surface area contributed by atoms with Gasteiger partial charge in [0.05, 0.1) is 5.56 Å². The van der Waals surface area contributed by atoms with Crippen LogP contribution < -0.4 is 5.56 Å². The van der Waals surface area contributed by atoms with Crippen LogP contribution in [0.4, 0.5) is 4.39 Å². The van der Waals surface area contributed by atoms with Gasteiger partial charge in [-0.25, -0.2) is 4.39 Å². The first kappa shape index (κ1) is 15.0. The van der Waals surface area contributed by atoms with Crippen LogP contribution in [0.1, 0.15) is 19.5 Å². The van der Waals surface area contributed by atoms with Crippen molar-refractivity contribution in [2.75, 3.05) is 0 Å². The van der Waals surface area contributed by atoms with E-state index in [0.717, 1.165) is 3.57 Å². The molecule has 0 saturated heterocycles. The molecule has 106 valence electrons. The normalized spacial score (nSPS) is 11.1. The molecular formula is C15H15FINO2. The van der Waals surface area contributed by atoms with Gasteiger partial charge in [0.25, 0.3) is 5.56 Å². The van der Waals surface area contributed by atoms with E-state index >= 15 is 0 Å². The van der Waals surface area contributed by atoms with Crippen molar-refractivity contribution in [2.45, 2.75) is 20.3 Å². The van der Waals surface area contributed by atoms with E-state index in [2.05, 4.69) is 4.98 Å². The first-order valence-electron chi connectivity index (χ1n) is 6.29. The van der Waals surface area contributed by atoms with Gasteiger partial charge < -0.3 is 10.1 Å². The van der Waals surface area contributed by atoms with Gasteiger partial charge in [0.15, 0.2) is 0 Å². The quantitative estimate of drug-likeness (QED) is 0.790. The van der Waals surface area contributed by atoms with Crippen molar-refractivity contribution in [1.82, 2.24) is 4.98 Å². The zero-order valence-corrected chi connectivity index (χ0v) is 13.4. The number of aromatic amines is 1. The number of pyridine rings is 1. The zero-order chi connectivity index (χ0) is 14.9. The smallest absolute Gasteiger partial charge is 0.259 e. The molecule has 0 aliphatic rings. The minimum Gasteiger partial charge on any atom is -0.507 e. The van der Waals surface area contributed by atoms with Gasteiger partial charge in [-0.05, 0) is 47.1 Å². The van der Waals surface area contributed by atoms with Crippen molar-refractivity contribution < 1.29 is 9.50 Å². The van der Waals surface area contributed by atoms with Crippen molar-refractivity contribution in [3.63, 3.8) is 0 Å². The van der Waals surface area contributed by atoms with Gasteiger partial charge in [-0.15, -0.1) is 0 Å². The maximum absolute atomic E-state index is 13.9. The SMILES string of the molecule is CC(C)Cc1cc(O)c(-c2ccc(I)cc2F)c(=O)[nH]1. The molecule has 1 aromatic heterocycles. The van der Waals surface area contributed by atoms with Gasteiger partial charge in [-0.2, -0.15) is 0 Å². The highest BCUT2D eigenvalue weighted by Crippen LogP contribution is 2.29. The number of aromatic nitrogens is 1. The van der Waals surface area contributed by atoms with Crippen LogP contribution in [0.3, 0.4) is 0 Å². The third kappa shape index (κ3) is 3.20. The second kappa shape index (κ2) is 5.95. The molecule has 0 spiro atoms. The van der Waals surface area contributed by atoms with Crippen LogP contribution in [0.15, 0.2) is 29.1 Å². The fourth-order valence-corrected chi connectivity index (χ4v) is 2.55. The molecule has 1 aromatic carbocycles. The molecule has 1 heterocycles. The van der Waals surface area contributed by atoms with Crippen LogP contribution in [0, 0.1) is 15.3 Å². The largest absolute Gasteiger partial charge is 0.507 e. The average molecular weight is 387 g/mol. The minimum absolute atomic E-state index is 0.0218. The van der Waals surface area contributed by atoms with Crippen molar-refractivity contribution >= 4 is 22.6 Å². The van der Waals surface area contributed by atoms with Crippen LogP contribution in [0.5, 0.6) is 5.75 Å². The van der Waals surface area contributed by atoms with E-state index in [4.69, 9.17) is 0 Å². The second-order valence-corrected chi connectivity index (χ2v) is 6.35. The Labute approximate surface area is 130 Å². The Bertz CT molecular complexity index is 695. The van der Waals surface area contributed by atoms with E-state index in [1.807, 2.05) is 36.4 Å². The number of hydrogen-bond donors (Lipinski definition) is 2. The Morgan fingerprint density at radius 1 is 1.35 bits per heavy atom. The summed E-state index contributed by atoms with van der Waals surface area (Å²) in [6.45, 7) is 4.03. The van der Waals surface area contributed by atoms with Crippen LogP contribution >= 0.6 is 22.6 Å². The number of H-pyrrole nitrogens is 1. The molecule has 0 amide bonds. The Hall–Kier alpha value is -1.37. The summed E-state index contributed by atoms with van der Waals surface area (Å²) in [6, 6.07) is 6.02. The third-order valence-electron chi connectivity index (χ3n) is 2.90. The van der Waals surface area contributed by atoms with Crippen LogP contribution in [0.2, 0.25) is 0 Å². The number of nitrogens with one attached hydrogen (secondary N) is 1. The summed E-state index contributed by atoms with van der Waals surface area (Å²) in [6.07, 6.45) is 0.651. The summed E-state index contributed by atoms with van der Waals surface area (Å²) in [7, 11) is 0. The molecule has 2 aromatic rings. The first-order valence-corrected chi connectivity index (χ1v) is 7.37. The van der Waals surface area contributed by atoms with Crippen LogP contribution in [-0.4, -0.2) is 10.1 Å². The highest BCUT2D eigenvalue weighted by molar-refractivity contribution is 14.1. The van der Waals surface area contributed by atoms with E-state index in [9.17, 15) is 14.3 Å². The van der Waals surface area contributed by atoms with E-state index in [1.54, 1.807) is 6.07 Å². The fourth-order valence-electron chi connectivity index (χ4n) is 2.10. The lowest BCUT2D eigenvalue weighted by Gasteiger charge is -2.09. The number of hydrogen-bond acceptors (Lipinski definition) is 2. The summed E-state index contributed by atoms with van der Waals surface area (Å²) < 4.78 is 14.7. The molecule has 0 radical (unpaired) electrons. The lowest BCUT2D eigenvalue weighted by Crippen LogP contribution is -2.13. The summed E-state index contributed by atoms with van der Waals surface area (Å²) in [5.41, 5.74) is 0.268. The van der Waals surface area contributed by atoms with Gasteiger partial charge in [0.2, 0.25) is 0 Å². The lowest BCUT2D eigenvalue weighted by molar-refractivity contribution is 0.473. The molecule has 2 rings (SSSR count). The van der Waals surface area contributed by atoms with Crippen LogP contribution in [0.25, 0.3) is 11.1 Å². The monoisotopic (exact) mass is 387 g/mol. The van der Waals surface area contributed by atoms with Gasteiger partial charge in [-0.3, -0.25) is 4.79 Å². The average Bonchev–Trinajstić information content (AvgIpc) is 2.30. The Morgan fingerprint density at radius 2 is 2.05 bits per heavy atom. The Morgan fingerprint density at radius 3 is 2.60 bits per heavy atom. The minimum atomic E-state index is -0.519. The van der Waals surface area contributed by atoms with E-state index in [-0.39, 0.29) is 16.9 Å². The molecule has 0 bridgehead atoms. The van der Waals surface area contributed by atoms with Gasteiger partial charge >= 0.3 is 0 Å². The van der Waals surface area contributed by atoms with Gasteiger partial charge in [-0.1, -0.05) is 19.9 Å². The maximum atomic E-state index is 13.9. The lowest BCUT2D eigenvalue weighted by atomic mass is 10.0. The summed E-state index contributed by atoms with van der Waals surface area (Å²) in [5.74, 6) is -0.357. The molecule has 0 aliphatic heterocycles. The molecule has 3 nitrogen and oxygen atoms in total. The number of aromatic hydroxyl groups is 1. The van der Waals surface area contributed by atoms with Crippen molar-refractivity contribution in [3.8, 4) is 16.9 Å². The van der Waals surface area contributed by atoms with E-state index < -0.39 is 11.4 Å². The summed E-state index contributed by atoms with van der Waals surface area (Å²) >= 11 is 1.99. The molecule has 0 fully saturated rings. The highest BCUT2D eigenvalue weighted by Gasteiger charge is 2.15. The number of benzene rings is 1. The van der Waals surface area contributed by atoms with E-state index in [1.165, 1.54) is 18.2 Å². The van der Waals surface area contributed by atoms with Crippen molar-refractivity contribution in [2.24, 2.45) is 5.92 Å². The van der Waals surface area contributed by atoms with E-state index in [0.29, 0.717) is 18.0 Å². The third-order valence-corrected chi connectivity index (χ3v) is 3.57. The topological polar surface area (TPSA) is 53.1 Å². The molecule has 0 saturated carbocycles. The summed E-state index contributed by atoms with van der Waals surface area (Å²) in [4.78, 5) is 14.8. The molecule has 0 atom stereocenters. The first-order chi connectivity index (χ1) is 9.38. The zero-order valence-electron chi connectivity index (χ0n) is 11.2. The van der Waals surface area contributed by atoms with Crippen LogP contribution in [-0.2, 0) is 6.42 Å². The molecular weight excluding hydrogens is 372 g/mol. The van der Waals surface area contributed by atoms with Crippen molar-refractivity contribution in [1.29, 1.82) is 0 Å². The van der Waals surface area contributed by atoms with Crippen molar-refractivity contribution in [3.05, 3.63) is 49.7 Å². The molecule has 5 heteroatoms. The predicted octanol–water partition coefficient (Wildman–Crippen LogP) is 3.69. The van der Waals surface area contributed by atoms with Gasteiger partial charge in [0.1, 0.15) is 11.6 Å². The highest BCUT2D eigenvalue weighted by atomic mass is 127.